The third-order valence-electron chi connectivity index (χ3n) is 2.21. The maximum Gasteiger partial charge on any atom is 0.343 e. The Bertz CT molecular complexity index is 546. The first-order valence-electron chi connectivity index (χ1n) is 4.86. The van der Waals surface area contributed by atoms with Crippen molar-refractivity contribution in [2.75, 3.05) is 12.8 Å². The minimum absolute atomic E-state index is 0.176. The number of hydrogen-bond acceptors (Lipinski definition) is 6. The van der Waals surface area contributed by atoms with Crippen LogP contribution in [0, 0.1) is 6.92 Å². The molecule has 0 unspecified atom stereocenters. The lowest BCUT2D eigenvalue weighted by Gasteiger charge is -2.02. The van der Waals surface area contributed by atoms with Crippen molar-refractivity contribution in [3.05, 3.63) is 29.6 Å². The second kappa shape index (κ2) is 4.20. The van der Waals surface area contributed by atoms with E-state index >= 15 is 0 Å². The highest BCUT2D eigenvalue weighted by molar-refractivity contribution is 5.94. The molecule has 2 aromatic heterocycles. The molecule has 2 aromatic rings. The Labute approximate surface area is 97.2 Å². The number of methoxy groups -OCH3 is 1. The molecule has 2 heterocycles. The lowest BCUT2D eigenvalue weighted by Crippen LogP contribution is -2.09. The normalized spacial score (nSPS) is 10.2. The highest BCUT2D eigenvalue weighted by Gasteiger charge is 2.16. The van der Waals surface area contributed by atoms with Crippen molar-refractivity contribution in [2.45, 2.75) is 6.92 Å². The van der Waals surface area contributed by atoms with Crippen LogP contribution < -0.4 is 5.73 Å². The van der Waals surface area contributed by atoms with Crippen LogP contribution in [0.4, 0.5) is 5.82 Å². The van der Waals surface area contributed by atoms with Gasteiger partial charge in [0.15, 0.2) is 5.82 Å². The first kappa shape index (κ1) is 11.1. The van der Waals surface area contributed by atoms with E-state index in [1.807, 2.05) is 6.92 Å². The van der Waals surface area contributed by atoms with E-state index in [1.165, 1.54) is 18.0 Å². The summed E-state index contributed by atoms with van der Waals surface area (Å²) < 4.78 is 5.91. The van der Waals surface area contributed by atoms with Crippen molar-refractivity contribution < 1.29 is 9.53 Å². The molecule has 0 radical (unpaired) electrons. The van der Waals surface area contributed by atoms with Gasteiger partial charge in [-0.2, -0.15) is 14.9 Å². The zero-order valence-electron chi connectivity index (χ0n) is 9.41. The van der Waals surface area contributed by atoms with Gasteiger partial charge in [-0.3, -0.25) is 0 Å². The third-order valence-corrected chi connectivity index (χ3v) is 2.21. The van der Waals surface area contributed by atoms with Gasteiger partial charge in [-0.15, -0.1) is 5.10 Å². The number of carbonyl (C=O) groups excluding carboxylic acids is 1. The van der Waals surface area contributed by atoms with Crippen LogP contribution in [-0.4, -0.2) is 33.1 Å². The number of aromatic nitrogens is 4. The Morgan fingerprint density at radius 2 is 2.18 bits per heavy atom. The van der Waals surface area contributed by atoms with Gasteiger partial charge in [0.25, 0.3) is 0 Å². The number of rotatable bonds is 2. The van der Waals surface area contributed by atoms with E-state index in [9.17, 15) is 4.79 Å². The Kier molecular flexibility index (Phi) is 2.73. The average molecular weight is 233 g/mol. The molecule has 0 spiro atoms. The summed E-state index contributed by atoms with van der Waals surface area (Å²) in [6, 6.07) is 3.49. The number of aryl methyl sites for hydroxylation is 1. The quantitative estimate of drug-likeness (QED) is 0.751. The number of anilines is 1. The average Bonchev–Trinajstić information content (AvgIpc) is 2.71. The Balaban J connectivity index is 2.44. The molecule has 7 heteroatoms. The van der Waals surface area contributed by atoms with E-state index in [2.05, 4.69) is 20.0 Å². The molecule has 2 N–H and O–H groups in total. The summed E-state index contributed by atoms with van der Waals surface area (Å²) in [6.07, 6.45) is 1.34. The van der Waals surface area contributed by atoms with E-state index in [0.29, 0.717) is 5.82 Å². The molecule has 0 aliphatic carbocycles. The Hall–Kier alpha value is -2.44. The lowest BCUT2D eigenvalue weighted by molar-refractivity contribution is 0.0602. The Morgan fingerprint density at radius 1 is 1.41 bits per heavy atom. The topological polar surface area (TPSA) is 95.9 Å². The van der Waals surface area contributed by atoms with E-state index in [-0.39, 0.29) is 11.4 Å². The van der Waals surface area contributed by atoms with Gasteiger partial charge in [0.1, 0.15) is 11.4 Å². The van der Waals surface area contributed by atoms with Crippen LogP contribution in [0.2, 0.25) is 0 Å². The first-order valence-corrected chi connectivity index (χ1v) is 4.86. The summed E-state index contributed by atoms with van der Waals surface area (Å²) in [4.78, 5) is 11.3. The van der Waals surface area contributed by atoms with Crippen molar-refractivity contribution >= 4 is 11.8 Å². The van der Waals surface area contributed by atoms with Gasteiger partial charge in [0, 0.05) is 0 Å². The number of esters is 1. The highest BCUT2D eigenvalue weighted by Crippen LogP contribution is 2.15. The maximum atomic E-state index is 11.3. The van der Waals surface area contributed by atoms with Gasteiger partial charge in [-0.05, 0) is 19.1 Å². The predicted octanol–water partition coefficient (Wildman–Crippen LogP) is 0.340. The van der Waals surface area contributed by atoms with E-state index in [4.69, 9.17) is 5.73 Å². The zero-order valence-corrected chi connectivity index (χ0v) is 9.41. The second-order valence-corrected chi connectivity index (χ2v) is 3.38. The molecule has 0 amide bonds. The summed E-state index contributed by atoms with van der Waals surface area (Å²) in [5.74, 6) is 0.0899. The molecule has 7 nitrogen and oxygen atoms in total. The molecule has 0 aliphatic rings. The highest BCUT2D eigenvalue weighted by atomic mass is 16.5. The minimum Gasteiger partial charge on any atom is -0.465 e. The van der Waals surface area contributed by atoms with Crippen LogP contribution in [0.15, 0.2) is 18.3 Å². The number of hydrogen-bond donors (Lipinski definition) is 1. The minimum atomic E-state index is -0.533. The number of ether oxygens (including phenoxy) is 1. The second-order valence-electron chi connectivity index (χ2n) is 3.38. The molecule has 0 fully saturated rings. The van der Waals surface area contributed by atoms with Gasteiger partial charge in [-0.1, -0.05) is 0 Å². The molecule has 88 valence electrons. The molecular formula is C10H11N5O2. The summed E-state index contributed by atoms with van der Waals surface area (Å²) in [5, 5.41) is 11.8. The van der Waals surface area contributed by atoms with Gasteiger partial charge in [-0.25, -0.2) is 4.79 Å². The first-order chi connectivity index (χ1) is 8.13. The Morgan fingerprint density at radius 3 is 2.76 bits per heavy atom. The summed E-state index contributed by atoms with van der Waals surface area (Å²) in [5.41, 5.74) is 6.77. The van der Waals surface area contributed by atoms with Crippen molar-refractivity contribution in [3.63, 3.8) is 0 Å². The number of carbonyl (C=O) groups is 1. The van der Waals surface area contributed by atoms with Gasteiger partial charge >= 0.3 is 5.97 Å². The fourth-order valence-electron chi connectivity index (χ4n) is 1.31. The summed E-state index contributed by atoms with van der Waals surface area (Å²) in [7, 11) is 1.28. The molecule has 0 saturated heterocycles. The zero-order chi connectivity index (χ0) is 12.4. The standard InChI is InChI=1S/C10H11N5O2/c1-6-3-4-8(14-13-6)15-9(11)7(5-12-15)10(16)17-2/h3-5H,11H2,1-2H3. The molecule has 17 heavy (non-hydrogen) atoms. The number of nitrogens with two attached hydrogens (primary N) is 1. The predicted molar refractivity (Wildman–Crippen MR) is 59.6 cm³/mol. The SMILES string of the molecule is COC(=O)c1cnn(-c2ccc(C)nn2)c1N. The monoisotopic (exact) mass is 233 g/mol. The van der Waals surface area contributed by atoms with Gasteiger partial charge < -0.3 is 10.5 Å². The molecule has 2 rings (SSSR count). The van der Waals surface area contributed by atoms with Crippen LogP contribution in [0.3, 0.4) is 0 Å². The van der Waals surface area contributed by atoms with E-state index in [1.54, 1.807) is 12.1 Å². The maximum absolute atomic E-state index is 11.3. The van der Waals surface area contributed by atoms with Crippen molar-refractivity contribution in [2.24, 2.45) is 0 Å². The molecule has 0 saturated carbocycles. The summed E-state index contributed by atoms with van der Waals surface area (Å²) in [6.45, 7) is 1.82. The molecule has 0 bridgehead atoms. The van der Waals surface area contributed by atoms with E-state index < -0.39 is 5.97 Å². The van der Waals surface area contributed by atoms with Crippen molar-refractivity contribution in [1.29, 1.82) is 0 Å². The summed E-state index contributed by atoms with van der Waals surface area (Å²) >= 11 is 0. The van der Waals surface area contributed by atoms with E-state index in [0.717, 1.165) is 5.69 Å². The van der Waals surface area contributed by atoms with Crippen molar-refractivity contribution in [3.8, 4) is 5.82 Å². The third kappa shape index (κ3) is 1.94. The van der Waals surface area contributed by atoms with Gasteiger partial charge in [0.2, 0.25) is 0 Å². The molecule has 0 aromatic carbocycles. The number of nitrogens with zero attached hydrogens (tertiary/aromatic N) is 4. The van der Waals surface area contributed by atoms with Crippen LogP contribution in [0.25, 0.3) is 5.82 Å². The molecule has 0 aliphatic heterocycles. The van der Waals surface area contributed by atoms with Crippen LogP contribution >= 0.6 is 0 Å². The smallest absolute Gasteiger partial charge is 0.343 e. The van der Waals surface area contributed by atoms with Gasteiger partial charge in [0.05, 0.1) is 19.0 Å². The lowest BCUT2D eigenvalue weighted by atomic mass is 10.3. The van der Waals surface area contributed by atoms with Crippen LogP contribution in [-0.2, 0) is 4.74 Å². The van der Waals surface area contributed by atoms with Crippen molar-refractivity contribution in [1.82, 2.24) is 20.0 Å². The number of nitrogen functional groups attached to an aromatic ring is 1. The fourth-order valence-corrected chi connectivity index (χ4v) is 1.31. The molecular weight excluding hydrogens is 222 g/mol. The van der Waals surface area contributed by atoms with Crippen LogP contribution in [0.1, 0.15) is 16.1 Å². The fraction of sp³-hybridized carbons (Fsp3) is 0.200. The molecule has 0 atom stereocenters. The largest absolute Gasteiger partial charge is 0.465 e. The van der Waals surface area contributed by atoms with Crippen LogP contribution in [0.5, 0.6) is 0 Å².